The van der Waals surface area contributed by atoms with Crippen molar-refractivity contribution in [3.05, 3.63) is 94.1 Å². The second-order valence-electron chi connectivity index (χ2n) is 11.4. The molecule has 6 heteroatoms. The molecule has 2 N–H and O–H groups in total. The average Bonchev–Trinajstić information content (AvgIpc) is 2.98. The van der Waals surface area contributed by atoms with Crippen molar-refractivity contribution in [3.8, 4) is 5.75 Å². The highest BCUT2D eigenvalue weighted by Gasteiger charge is 2.53. The third-order valence-corrected chi connectivity index (χ3v) is 9.27. The first-order valence-corrected chi connectivity index (χ1v) is 14.5. The number of phenols is 1. The molecular weight excluding hydrogens is 499 g/mol. The molecule has 1 saturated heterocycles. The van der Waals surface area contributed by atoms with Gasteiger partial charge in [-0.1, -0.05) is 85.7 Å². The second-order valence-corrected chi connectivity index (χ2v) is 11.4. The summed E-state index contributed by atoms with van der Waals surface area (Å²) in [4.78, 5) is 27.3. The number of Topliss-reactive ketones (excluding diaryl/α,β-unsaturated/α-hetero) is 2. The Labute approximate surface area is 235 Å². The minimum absolute atomic E-state index is 0.0269. The summed E-state index contributed by atoms with van der Waals surface area (Å²) in [6, 6.07) is 18.7. The highest BCUT2D eigenvalue weighted by atomic mass is 16.5. The van der Waals surface area contributed by atoms with Crippen LogP contribution in [0.15, 0.2) is 77.4 Å². The number of carbonyl (C=O) groups excluding carboxylic acids is 2. The Kier molecular flexibility index (Phi) is 7.24. The Hall–Kier alpha value is -3.48. The lowest BCUT2D eigenvalue weighted by Crippen LogP contribution is -2.50. The Morgan fingerprint density at radius 1 is 0.950 bits per heavy atom. The van der Waals surface area contributed by atoms with Gasteiger partial charge in [0.05, 0.1) is 6.10 Å². The predicted molar refractivity (Wildman–Crippen MR) is 158 cm³/mol. The number of hydrogen-bond acceptors (Lipinski definition) is 5. The number of aromatic hydroxyl groups is 1. The molecule has 204 valence electrons. The summed E-state index contributed by atoms with van der Waals surface area (Å²) in [5, 5.41) is 23.0. The zero-order valence-electron chi connectivity index (χ0n) is 23.1. The summed E-state index contributed by atoms with van der Waals surface area (Å²) >= 11 is 0. The van der Waals surface area contributed by atoms with E-state index in [2.05, 4.69) is 19.9 Å². The molecule has 0 spiro atoms. The molecule has 0 bridgehead atoms. The zero-order valence-corrected chi connectivity index (χ0v) is 23.1. The molecule has 0 radical (unpaired) electrons. The van der Waals surface area contributed by atoms with Gasteiger partial charge in [0, 0.05) is 28.3 Å². The van der Waals surface area contributed by atoms with Crippen LogP contribution < -0.4 is 0 Å². The number of rotatable bonds is 6. The molecule has 0 aromatic heterocycles. The van der Waals surface area contributed by atoms with E-state index < -0.39 is 13.0 Å². The standard InChI is InChI=1S/C34H35BO5/c1-3-20(17-22-14-15-29(36)24-10-6-5-9-23(22)24)13-16-30-31-21(4-2)18-27-32(28(31)19-35(39)40-30)34(38)26-12-8-7-11-25(26)33(27)37/h5-12,14-15,17,27-28,30,32,36,39H,3-4,13,16,18-19H2,1-2H3/b20-17+/t27-,28+,30-,32-/m1/s1. The van der Waals surface area contributed by atoms with Crippen molar-refractivity contribution >= 4 is 35.5 Å². The highest BCUT2D eigenvalue weighted by Crippen LogP contribution is 2.51. The molecule has 3 aliphatic rings. The summed E-state index contributed by atoms with van der Waals surface area (Å²) in [7, 11) is -0.967. The van der Waals surface area contributed by atoms with Crippen molar-refractivity contribution in [1.29, 1.82) is 0 Å². The van der Waals surface area contributed by atoms with Crippen molar-refractivity contribution in [3.63, 3.8) is 0 Å². The first kappa shape index (κ1) is 26.7. The summed E-state index contributed by atoms with van der Waals surface area (Å²) in [5.74, 6) is -0.653. The van der Waals surface area contributed by atoms with E-state index >= 15 is 0 Å². The van der Waals surface area contributed by atoms with Gasteiger partial charge in [0.2, 0.25) is 0 Å². The lowest BCUT2D eigenvalue weighted by Gasteiger charge is -2.47. The summed E-state index contributed by atoms with van der Waals surface area (Å²) in [6.45, 7) is 4.25. The fraction of sp³-hybridized carbons (Fsp3) is 0.353. The van der Waals surface area contributed by atoms with Crippen molar-refractivity contribution in [2.45, 2.75) is 58.4 Å². The number of carbonyl (C=O) groups is 2. The van der Waals surface area contributed by atoms with Gasteiger partial charge in [-0.15, -0.1) is 0 Å². The zero-order chi connectivity index (χ0) is 28.0. The van der Waals surface area contributed by atoms with E-state index in [1.54, 1.807) is 18.2 Å². The maximum Gasteiger partial charge on any atom is 0.455 e. The normalized spacial score (nSPS) is 24.7. The fourth-order valence-corrected chi connectivity index (χ4v) is 7.33. The van der Waals surface area contributed by atoms with E-state index in [0.717, 1.165) is 41.2 Å². The van der Waals surface area contributed by atoms with Gasteiger partial charge < -0.3 is 14.8 Å². The minimum Gasteiger partial charge on any atom is -0.507 e. The van der Waals surface area contributed by atoms with Gasteiger partial charge in [-0.2, -0.15) is 0 Å². The summed E-state index contributed by atoms with van der Waals surface area (Å²) in [5.41, 5.74) is 5.71. The van der Waals surface area contributed by atoms with Gasteiger partial charge in [-0.05, 0) is 66.9 Å². The van der Waals surface area contributed by atoms with E-state index in [1.165, 1.54) is 11.1 Å². The van der Waals surface area contributed by atoms with E-state index in [-0.39, 0.29) is 35.3 Å². The van der Waals surface area contributed by atoms with Gasteiger partial charge in [0.1, 0.15) is 5.75 Å². The lowest BCUT2D eigenvalue weighted by atomic mass is 9.54. The van der Waals surface area contributed by atoms with Crippen LogP contribution in [0.2, 0.25) is 6.32 Å². The van der Waals surface area contributed by atoms with E-state index in [9.17, 15) is 19.7 Å². The van der Waals surface area contributed by atoms with Gasteiger partial charge in [-0.3, -0.25) is 9.59 Å². The van der Waals surface area contributed by atoms with Crippen LogP contribution in [0.4, 0.5) is 0 Å². The molecule has 0 amide bonds. The second kappa shape index (κ2) is 10.8. The van der Waals surface area contributed by atoms with Gasteiger partial charge in [-0.25, -0.2) is 0 Å². The third-order valence-electron chi connectivity index (χ3n) is 9.27. The number of phenolic OH excluding ortho intramolecular Hbond substituents is 1. The molecule has 6 rings (SSSR count). The third kappa shape index (κ3) is 4.53. The minimum atomic E-state index is -0.967. The largest absolute Gasteiger partial charge is 0.507 e. The quantitative estimate of drug-likeness (QED) is 0.262. The van der Waals surface area contributed by atoms with Crippen LogP contribution in [0.3, 0.4) is 0 Å². The Balaban J connectivity index is 1.31. The van der Waals surface area contributed by atoms with E-state index in [1.807, 2.05) is 42.5 Å². The Morgan fingerprint density at radius 2 is 1.65 bits per heavy atom. The number of allylic oxidation sites excluding steroid dienone is 2. The van der Waals surface area contributed by atoms with Gasteiger partial charge >= 0.3 is 7.12 Å². The van der Waals surface area contributed by atoms with Crippen molar-refractivity contribution in [2.75, 3.05) is 0 Å². The maximum atomic E-state index is 13.8. The number of fused-ring (bicyclic) bond motifs is 5. The number of ketones is 2. The monoisotopic (exact) mass is 534 g/mol. The molecule has 1 heterocycles. The van der Waals surface area contributed by atoms with Crippen LogP contribution in [0.5, 0.6) is 5.75 Å². The Morgan fingerprint density at radius 3 is 2.38 bits per heavy atom. The van der Waals surface area contributed by atoms with Crippen molar-refractivity contribution < 1.29 is 24.4 Å². The summed E-state index contributed by atoms with van der Waals surface area (Å²) in [6.07, 6.45) is 5.96. The van der Waals surface area contributed by atoms with Gasteiger partial charge in [0.15, 0.2) is 11.6 Å². The SMILES string of the molecule is CCC1=C2[C@@H](CC/C(=C/c3ccc(O)c4ccccc34)CC)OB(O)C[C@@H]2[C@@H]2C(=O)c3ccccc3C(=O)[C@@H]2C1. The molecule has 1 fully saturated rings. The lowest BCUT2D eigenvalue weighted by molar-refractivity contribution is 0.0599. The number of benzene rings is 3. The molecule has 0 unspecified atom stereocenters. The van der Waals surface area contributed by atoms with Crippen molar-refractivity contribution in [2.24, 2.45) is 17.8 Å². The molecule has 4 atom stereocenters. The smallest absolute Gasteiger partial charge is 0.455 e. The van der Waals surface area contributed by atoms with Crippen LogP contribution in [0.25, 0.3) is 16.8 Å². The molecule has 3 aromatic carbocycles. The van der Waals surface area contributed by atoms with Crippen molar-refractivity contribution in [1.82, 2.24) is 0 Å². The van der Waals surface area contributed by atoms with E-state index in [0.29, 0.717) is 30.3 Å². The first-order chi connectivity index (χ1) is 19.4. The maximum absolute atomic E-state index is 13.8. The molecule has 3 aromatic rings. The fourth-order valence-electron chi connectivity index (χ4n) is 7.33. The average molecular weight is 534 g/mol. The molecule has 40 heavy (non-hydrogen) atoms. The Bertz CT molecular complexity index is 1550. The highest BCUT2D eigenvalue weighted by molar-refractivity contribution is 6.43. The summed E-state index contributed by atoms with van der Waals surface area (Å²) < 4.78 is 6.17. The van der Waals surface area contributed by atoms with Crippen LogP contribution in [-0.2, 0) is 4.65 Å². The molecule has 0 saturated carbocycles. The first-order valence-electron chi connectivity index (χ1n) is 14.5. The topological polar surface area (TPSA) is 83.8 Å². The van der Waals surface area contributed by atoms with Crippen LogP contribution in [0, 0.1) is 17.8 Å². The van der Waals surface area contributed by atoms with Crippen LogP contribution >= 0.6 is 0 Å². The molecule has 1 aliphatic heterocycles. The molecule has 2 aliphatic carbocycles. The predicted octanol–water partition coefficient (Wildman–Crippen LogP) is 7.04. The number of hydrogen-bond donors (Lipinski definition) is 2. The van der Waals surface area contributed by atoms with Crippen LogP contribution in [-0.4, -0.2) is 34.9 Å². The van der Waals surface area contributed by atoms with E-state index in [4.69, 9.17) is 4.65 Å². The van der Waals surface area contributed by atoms with Crippen LogP contribution in [0.1, 0.15) is 72.2 Å². The molecular formula is C34H35BO5. The molecule has 5 nitrogen and oxygen atoms in total. The van der Waals surface area contributed by atoms with Gasteiger partial charge in [0.25, 0.3) is 0 Å².